The standard InChI is InChI=1S/C17H20N2O2/c1-3-21-15-10-8-14(9-11-15)18-12-17(20)19-16-7-5-4-6-13(16)2/h4-11,18H,3,12H2,1-2H3,(H,19,20). The zero-order chi connectivity index (χ0) is 15.1. The summed E-state index contributed by atoms with van der Waals surface area (Å²) in [5.41, 5.74) is 2.78. The van der Waals surface area contributed by atoms with Crippen molar-refractivity contribution in [2.24, 2.45) is 0 Å². The summed E-state index contributed by atoms with van der Waals surface area (Å²) in [6, 6.07) is 15.3. The van der Waals surface area contributed by atoms with Gasteiger partial charge in [0, 0.05) is 11.4 Å². The van der Waals surface area contributed by atoms with E-state index in [-0.39, 0.29) is 12.5 Å². The van der Waals surface area contributed by atoms with Crippen LogP contribution in [0.5, 0.6) is 5.75 Å². The van der Waals surface area contributed by atoms with E-state index in [9.17, 15) is 4.79 Å². The highest BCUT2D eigenvalue weighted by Crippen LogP contribution is 2.16. The van der Waals surface area contributed by atoms with E-state index in [0.717, 1.165) is 22.7 Å². The largest absolute Gasteiger partial charge is 0.494 e. The predicted molar refractivity (Wildman–Crippen MR) is 85.9 cm³/mol. The monoisotopic (exact) mass is 284 g/mol. The molecule has 0 spiro atoms. The molecule has 2 aromatic carbocycles. The Morgan fingerprint density at radius 2 is 1.81 bits per heavy atom. The van der Waals surface area contributed by atoms with Crippen molar-refractivity contribution >= 4 is 17.3 Å². The van der Waals surface area contributed by atoms with Crippen molar-refractivity contribution in [2.75, 3.05) is 23.8 Å². The zero-order valence-corrected chi connectivity index (χ0v) is 12.3. The number of rotatable bonds is 6. The van der Waals surface area contributed by atoms with Gasteiger partial charge in [-0.15, -0.1) is 0 Å². The summed E-state index contributed by atoms with van der Waals surface area (Å²) < 4.78 is 5.37. The third-order valence-corrected chi connectivity index (χ3v) is 3.04. The molecular formula is C17H20N2O2. The second-order valence-electron chi connectivity index (χ2n) is 4.67. The first-order chi connectivity index (χ1) is 10.2. The molecule has 0 aliphatic carbocycles. The third-order valence-electron chi connectivity index (χ3n) is 3.04. The van der Waals surface area contributed by atoms with Gasteiger partial charge >= 0.3 is 0 Å². The minimum absolute atomic E-state index is 0.0711. The lowest BCUT2D eigenvalue weighted by Crippen LogP contribution is -2.22. The Labute approximate surface area is 125 Å². The number of anilines is 2. The predicted octanol–water partition coefficient (Wildman–Crippen LogP) is 3.44. The third kappa shape index (κ3) is 4.53. The van der Waals surface area contributed by atoms with Crippen molar-refractivity contribution < 1.29 is 9.53 Å². The second kappa shape index (κ2) is 7.33. The quantitative estimate of drug-likeness (QED) is 0.854. The van der Waals surface area contributed by atoms with Crippen LogP contribution in [0.2, 0.25) is 0 Å². The molecule has 0 saturated carbocycles. The summed E-state index contributed by atoms with van der Waals surface area (Å²) in [5, 5.41) is 5.97. The number of benzene rings is 2. The Kier molecular flexibility index (Phi) is 5.21. The number of carbonyl (C=O) groups is 1. The van der Waals surface area contributed by atoms with E-state index in [2.05, 4.69) is 10.6 Å². The van der Waals surface area contributed by atoms with E-state index in [4.69, 9.17) is 4.74 Å². The Balaban J connectivity index is 1.85. The number of para-hydroxylation sites is 1. The van der Waals surface area contributed by atoms with Crippen LogP contribution < -0.4 is 15.4 Å². The summed E-state index contributed by atoms with van der Waals surface area (Å²) in [7, 11) is 0. The van der Waals surface area contributed by atoms with E-state index in [1.165, 1.54) is 0 Å². The molecule has 0 saturated heterocycles. The van der Waals surface area contributed by atoms with Crippen molar-refractivity contribution in [1.82, 2.24) is 0 Å². The Bertz CT molecular complexity index is 594. The fraction of sp³-hybridized carbons (Fsp3) is 0.235. The lowest BCUT2D eigenvalue weighted by molar-refractivity contribution is -0.114. The van der Waals surface area contributed by atoms with Gasteiger partial charge in [-0.2, -0.15) is 0 Å². The van der Waals surface area contributed by atoms with Gasteiger partial charge in [-0.25, -0.2) is 0 Å². The molecule has 0 fully saturated rings. The van der Waals surface area contributed by atoms with Crippen LogP contribution in [-0.2, 0) is 4.79 Å². The molecule has 2 N–H and O–H groups in total. The van der Waals surface area contributed by atoms with Gasteiger partial charge in [0.15, 0.2) is 0 Å². The van der Waals surface area contributed by atoms with Crippen molar-refractivity contribution in [3.05, 3.63) is 54.1 Å². The molecule has 0 aliphatic heterocycles. The number of hydrogen-bond donors (Lipinski definition) is 2. The van der Waals surface area contributed by atoms with Crippen LogP contribution in [0.25, 0.3) is 0 Å². The molecule has 2 rings (SSSR count). The number of aryl methyl sites for hydroxylation is 1. The van der Waals surface area contributed by atoms with Crippen LogP contribution in [0.4, 0.5) is 11.4 Å². The number of amides is 1. The number of carbonyl (C=O) groups excluding carboxylic acids is 1. The van der Waals surface area contributed by atoms with Crippen LogP contribution in [0.15, 0.2) is 48.5 Å². The molecule has 21 heavy (non-hydrogen) atoms. The molecule has 0 bridgehead atoms. The molecule has 2 aromatic rings. The Hall–Kier alpha value is -2.49. The van der Waals surface area contributed by atoms with Gasteiger partial charge in [-0.05, 0) is 49.7 Å². The van der Waals surface area contributed by atoms with E-state index in [1.54, 1.807) is 0 Å². The minimum atomic E-state index is -0.0711. The van der Waals surface area contributed by atoms with Gasteiger partial charge in [0.1, 0.15) is 5.75 Å². The minimum Gasteiger partial charge on any atom is -0.494 e. The van der Waals surface area contributed by atoms with Crippen molar-refractivity contribution in [1.29, 1.82) is 0 Å². The highest BCUT2D eigenvalue weighted by Gasteiger charge is 2.04. The lowest BCUT2D eigenvalue weighted by atomic mass is 10.2. The van der Waals surface area contributed by atoms with Crippen molar-refractivity contribution in [3.63, 3.8) is 0 Å². The molecule has 0 radical (unpaired) electrons. The first-order valence-corrected chi connectivity index (χ1v) is 7.01. The Morgan fingerprint density at radius 1 is 1.10 bits per heavy atom. The zero-order valence-electron chi connectivity index (χ0n) is 12.3. The van der Waals surface area contributed by atoms with Crippen LogP contribution in [0.1, 0.15) is 12.5 Å². The van der Waals surface area contributed by atoms with Gasteiger partial charge in [-0.1, -0.05) is 18.2 Å². The first-order valence-electron chi connectivity index (χ1n) is 7.01. The van der Waals surface area contributed by atoms with Crippen LogP contribution >= 0.6 is 0 Å². The lowest BCUT2D eigenvalue weighted by Gasteiger charge is -2.10. The number of nitrogens with one attached hydrogen (secondary N) is 2. The van der Waals surface area contributed by atoms with E-state index < -0.39 is 0 Å². The Morgan fingerprint density at radius 3 is 2.48 bits per heavy atom. The maximum Gasteiger partial charge on any atom is 0.243 e. The number of ether oxygens (including phenoxy) is 1. The van der Waals surface area contributed by atoms with Gasteiger partial charge < -0.3 is 15.4 Å². The van der Waals surface area contributed by atoms with Crippen LogP contribution in [0, 0.1) is 6.92 Å². The molecule has 0 aliphatic rings. The molecule has 1 amide bonds. The molecule has 0 aromatic heterocycles. The second-order valence-corrected chi connectivity index (χ2v) is 4.67. The summed E-state index contributed by atoms with van der Waals surface area (Å²) in [6.07, 6.45) is 0. The molecule has 0 atom stereocenters. The van der Waals surface area contributed by atoms with Crippen LogP contribution in [-0.4, -0.2) is 19.1 Å². The van der Waals surface area contributed by atoms with Crippen molar-refractivity contribution in [3.8, 4) is 5.75 Å². The smallest absolute Gasteiger partial charge is 0.243 e. The first kappa shape index (κ1) is 14.9. The maximum absolute atomic E-state index is 11.9. The van der Waals surface area contributed by atoms with Gasteiger partial charge in [0.2, 0.25) is 5.91 Å². The fourth-order valence-corrected chi connectivity index (χ4v) is 1.93. The van der Waals surface area contributed by atoms with Crippen molar-refractivity contribution in [2.45, 2.75) is 13.8 Å². The van der Waals surface area contributed by atoms with Gasteiger partial charge in [0.25, 0.3) is 0 Å². The van der Waals surface area contributed by atoms with E-state index >= 15 is 0 Å². The average molecular weight is 284 g/mol. The normalized spacial score (nSPS) is 10.0. The fourth-order valence-electron chi connectivity index (χ4n) is 1.93. The highest BCUT2D eigenvalue weighted by molar-refractivity contribution is 5.94. The van der Waals surface area contributed by atoms with E-state index in [1.807, 2.05) is 62.4 Å². The van der Waals surface area contributed by atoms with E-state index in [0.29, 0.717) is 6.61 Å². The SMILES string of the molecule is CCOc1ccc(NCC(=O)Nc2ccccc2C)cc1. The molecule has 4 nitrogen and oxygen atoms in total. The highest BCUT2D eigenvalue weighted by atomic mass is 16.5. The molecule has 110 valence electrons. The molecule has 0 heterocycles. The topological polar surface area (TPSA) is 50.4 Å². The summed E-state index contributed by atoms with van der Waals surface area (Å²) in [4.78, 5) is 11.9. The molecular weight excluding hydrogens is 264 g/mol. The van der Waals surface area contributed by atoms with Gasteiger partial charge in [-0.3, -0.25) is 4.79 Å². The molecule has 4 heteroatoms. The summed E-state index contributed by atoms with van der Waals surface area (Å²) in [5.74, 6) is 0.755. The summed E-state index contributed by atoms with van der Waals surface area (Å²) in [6.45, 7) is 4.78. The van der Waals surface area contributed by atoms with Crippen LogP contribution in [0.3, 0.4) is 0 Å². The number of hydrogen-bond acceptors (Lipinski definition) is 3. The summed E-state index contributed by atoms with van der Waals surface area (Å²) >= 11 is 0. The average Bonchev–Trinajstić information content (AvgIpc) is 2.49. The van der Waals surface area contributed by atoms with Gasteiger partial charge in [0.05, 0.1) is 13.2 Å². The maximum atomic E-state index is 11.9. The molecule has 0 unspecified atom stereocenters.